The number of hydrogen-bond acceptors (Lipinski definition) is 8. The normalized spacial score (nSPS) is 13.8. The summed E-state index contributed by atoms with van der Waals surface area (Å²) in [6.45, 7) is 4.56. The number of carbonyl (C=O) groups is 2. The van der Waals surface area contributed by atoms with E-state index in [9.17, 15) is 9.59 Å². The summed E-state index contributed by atoms with van der Waals surface area (Å²) in [6, 6.07) is 1.87. The van der Waals surface area contributed by atoms with Gasteiger partial charge in [0.05, 0.1) is 30.3 Å². The largest absolute Gasteiger partial charge is 0.469 e. The van der Waals surface area contributed by atoms with E-state index in [2.05, 4.69) is 15.5 Å². The molecular formula is C23H28N4O4S2. The van der Waals surface area contributed by atoms with Gasteiger partial charge in [-0.25, -0.2) is 4.79 Å². The first-order valence-electron chi connectivity index (χ1n) is 11.2. The van der Waals surface area contributed by atoms with E-state index >= 15 is 0 Å². The number of fused-ring (bicyclic) bond motifs is 1. The maximum absolute atomic E-state index is 12.8. The number of thiophene rings is 1. The zero-order valence-electron chi connectivity index (χ0n) is 19.1. The molecule has 1 aliphatic carbocycles. The third kappa shape index (κ3) is 5.01. The number of carbonyl (C=O) groups excluding carboxylic acids is 2. The number of furan rings is 1. The van der Waals surface area contributed by atoms with Crippen molar-refractivity contribution in [1.82, 2.24) is 14.8 Å². The van der Waals surface area contributed by atoms with Crippen LogP contribution in [-0.2, 0) is 28.9 Å². The molecule has 0 atom stereocenters. The zero-order valence-corrected chi connectivity index (χ0v) is 20.7. The maximum Gasteiger partial charge on any atom is 0.341 e. The summed E-state index contributed by atoms with van der Waals surface area (Å²) in [4.78, 5) is 26.6. The Morgan fingerprint density at radius 1 is 1.24 bits per heavy atom. The number of anilines is 1. The highest BCUT2D eigenvalue weighted by Gasteiger charge is 2.26. The molecule has 10 heteroatoms. The molecular weight excluding hydrogens is 460 g/mol. The fourth-order valence-corrected chi connectivity index (χ4v) is 6.21. The van der Waals surface area contributed by atoms with Crippen molar-refractivity contribution in [3.63, 3.8) is 0 Å². The molecule has 0 radical (unpaired) electrons. The lowest BCUT2D eigenvalue weighted by atomic mass is 9.96. The minimum atomic E-state index is -0.387. The molecule has 0 bridgehead atoms. The number of nitrogens with one attached hydrogen (secondary N) is 1. The third-order valence-electron chi connectivity index (χ3n) is 5.78. The number of ether oxygens (including phenoxy) is 1. The van der Waals surface area contributed by atoms with Crippen LogP contribution in [0.3, 0.4) is 0 Å². The Balaban J connectivity index is 1.50. The zero-order chi connectivity index (χ0) is 23.4. The molecule has 0 saturated heterocycles. The molecule has 1 aliphatic rings. The van der Waals surface area contributed by atoms with Gasteiger partial charge < -0.3 is 19.0 Å². The van der Waals surface area contributed by atoms with Crippen molar-refractivity contribution in [2.45, 2.75) is 64.1 Å². The van der Waals surface area contributed by atoms with Gasteiger partial charge in [-0.2, -0.15) is 0 Å². The number of aromatic nitrogens is 3. The molecule has 1 amide bonds. The Hall–Kier alpha value is -2.59. The van der Waals surface area contributed by atoms with Gasteiger partial charge in [-0.3, -0.25) is 4.79 Å². The average molecular weight is 489 g/mol. The molecule has 3 aromatic heterocycles. The lowest BCUT2D eigenvalue weighted by Crippen LogP contribution is -2.17. The van der Waals surface area contributed by atoms with E-state index in [4.69, 9.17) is 9.15 Å². The van der Waals surface area contributed by atoms with Gasteiger partial charge in [0, 0.05) is 11.4 Å². The summed E-state index contributed by atoms with van der Waals surface area (Å²) in [5.74, 6) is 1.08. The molecule has 4 rings (SSSR count). The highest BCUT2D eigenvalue weighted by molar-refractivity contribution is 7.99. The molecule has 176 valence electrons. The molecule has 0 spiro atoms. The first kappa shape index (κ1) is 23.6. The van der Waals surface area contributed by atoms with Crippen LogP contribution in [0.4, 0.5) is 5.00 Å². The van der Waals surface area contributed by atoms with Crippen LogP contribution in [0.1, 0.15) is 59.2 Å². The Morgan fingerprint density at radius 3 is 2.73 bits per heavy atom. The first-order chi connectivity index (χ1) is 16.0. The Bertz CT molecular complexity index is 1150. The van der Waals surface area contributed by atoms with Crippen LogP contribution in [0.25, 0.3) is 11.4 Å². The fraction of sp³-hybridized carbons (Fsp3) is 0.478. The molecule has 0 fully saturated rings. The van der Waals surface area contributed by atoms with Gasteiger partial charge in [0.25, 0.3) is 0 Å². The molecule has 0 aromatic carbocycles. The molecule has 8 nitrogen and oxygen atoms in total. The van der Waals surface area contributed by atoms with E-state index in [1.54, 1.807) is 6.26 Å². The minimum Gasteiger partial charge on any atom is -0.469 e. The second-order valence-corrected chi connectivity index (χ2v) is 9.94. The number of aryl methyl sites for hydroxylation is 2. The highest BCUT2D eigenvalue weighted by atomic mass is 32.2. The number of rotatable bonds is 7. The number of hydrogen-bond donors (Lipinski definition) is 1. The van der Waals surface area contributed by atoms with Gasteiger partial charge in [-0.1, -0.05) is 24.6 Å². The lowest BCUT2D eigenvalue weighted by molar-refractivity contribution is -0.113. The summed E-state index contributed by atoms with van der Waals surface area (Å²) in [5, 5.41) is 12.8. The van der Waals surface area contributed by atoms with Gasteiger partial charge in [-0.15, -0.1) is 21.5 Å². The summed E-state index contributed by atoms with van der Waals surface area (Å²) in [6.07, 6.45) is 7.91. The van der Waals surface area contributed by atoms with Crippen LogP contribution in [0.2, 0.25) is 0 Å². The number of esters is 1. The quantitative estimate of drug-likeness (QED) is 0.365. The summed E-state index contributed by atoms with van der Waals surface area (Å²) in [7, 11) is 1.38. The van der Waals surface area contributed by atoms with Crippen molar-refractivity contribution in [2.24, 2.45) is 0 Å². The number of nitrogens with zero attached hydrogens (tertiary/aromatic N) is 3. The topological polar surface area (TPSA) is 99.2 Å². The van der Waals surface area contributed by atoms with Crippen molar-refractivity contribution >= 4 is 40.0 Å². The first-order valence-corrected chi connectivity index (χ1v) is 13.0. The van der Waals surface area contributed by atoms with Crippen molar-refractivity contribution < 1.29 is 18.7 Å². The predicted molar refractivity (Wildman–Crippen MR) is 129 cm³/mol. The fourth-order valence-electron chi connectivity index (χ4n) is 4.12. The van der Waals surface area contributed by atoms with E-state index in [0.717, 1.165) is 54.8 Å². The third-order valence-corrected chi connectivity index (χ3v) is 7.95. The van der Waals surface area contributed by atoms with Crippen LogP contribution in [0.15, 0.2) is 21.9 Å². The highest BCUT2D eigenvalue weighted by Crippen LogP contribution is 2.37. The molecule has 0 aliphatic heterocycles. The minimum absolute atomic E-state index is 0.158. The summed E-state index contributed by atoms with van der Waals surface area (Å²) in [5.41, 5.74) is 2.45. The van der Waals surface area contributed by atoms with Crippen LogP contribution >= 0.6 is 23.1 Å². The Kier molecular flexibility index (Phi) is 7.54. The van der Waals surface area contributed by atoms with Gasteiger partial charge in [0.1, 0.15) is 10.8 Å². The number of methoxy groups -OCH3 is 1. The van der Waals surface area contributed by atoms with E-state index < -0.39 is 0 Å². The smallest absolute Gasteiger partial charge is 0.341 e. The Labute approximate surface area is 201 Å². The predicted octanol–water partition coefficient (Wildman–Crippen LogP) is 5.10. The molecule has 0 unspecified atom stereocenters. The molecule has 3 aromatic rings. The van der Waals surface area contributed by atoms with Gasteiger partial charge in [0.15, 0.2) is 11.0 Å². The summed E-state index contributed by atoms with van der Waals surface area (Å²) >= 11 is 2.82. The SMILES string of the molecule is CCn1c(SCC(=O)Nc2sc3c(c2C(=O)OC)CCCCCC3)nnc1-c1ccoc1C. The Morgan fingerprint density at radius 2 is 2.03 bits per heavy atom. The maximum atomic E-state index is 12.8. The lowest BCUT2D eigenvalue weighted by Gasteiger charge is -2.11. The van der Waals surface area contributed by atoms with E-state index in [1.165, 1.54) is 41.5 Å². The van der Waals surface area contributed by atoms with Crippen LogP contribution in [0.5, 0.6) is 0 Å². The number of thioether (sulfide) groups is 1. The average Bonchev–Trinajstić information content (AvgIpc) is 3.48. The molecule has 3 heterocycles. The van der Waals surface area contributed by atoms with Crippen LogP contribution in [-0.4, -0.2) is 39.5 Å². The van der Waals surface area contributed by atoms with Crippen LogP contribution < -0.4 is 5.32 Å². The van der Waals surface area contributed by atoms with Crippen molar-refractivity contribution in [3.05, 3.63) is 34.1 Å². The second-order valence-electron chi connectivity index (χ2n) is 7.89. The molecule has 33 heavy (non-hydrogen) atoms. The van der Waals surface area contributed by atoms with E-state index in [1.807, 2.05) is 24.5 Å². The van der Waals surface area contributed by atoms with E-state index in [0.29, 0.717) is 22.3 Å². The molecule has 0 saturated carbocycles. The van der Waals surface area contributed by atoms with Crippen molar-refractivity contribution in [1.29, 1.82) is 0 Å². The monoisotopic (exact) mass is 488 g/mol. The van der Waals surface area contributed by atoms with Crippen molar-refractivity contribution in [2.75, 3.05) is 18.2 Å². The van der Waals surface area contributed by atoms with Gasteiger partial charge >= 0.3 is 5.97 Å². The number of amides is 1. The van der Waals surface area contributed by atoms with Crippen molar-refractivity contribution in [3.8, 4) is 11.4 Å². The second kappa shape index (κ2) is 10.6. The van der Waals surface area contributed by atoms with Crippen LogP contribution in [0, 0.1) is 6.92 Å². The van der Waals surface area contributed by atoms with Gasteiger partial charge in [0.2, 0.25) is 5.91 Å². The standard InChI is InChI=1S/C23H28N4O4S2/c1-4-27-20(15-11-12-31-14(15)2)25-26-23(27)32-13-18(28)24-21-19(22(29)30-3)16-9-7-5-6-8-10-17(16)33-21/h11-12H,4-10,13H2,1-3H3,(H,24,28). The molecule has 1 N–H and O–H groups in total. The van der Waals surface area contributed by atoms with E-state index in [-0.39, 0.29) is 17.6 Å². The summed E-state index contributed by atoms with van der Waals surface area (Å²) < 4.78 is 12.4. The van der Waals surface area contributed by atoms with Gasteiger partial charge in [-0.05, 0) is 51.2 Å².